The number of β-amino-alcohol motifs (C(OH)–C–C–N with tert-alkyl or cyclic N) is 1. The molecule has 7 heteroatoms. The molecule has 3 rings (SSSR count). The third kappa shape index (κ3) is 2.57. The van der Waals surface area contributed by atoms with Gasteiger partial charge in [-0.1, -0.05) is 12.1 Å². The highest BCUT2D eigenvalue weighted by Crippen LogP contribution is 2.32. The number of benzene rings is 1. The average Bonchev–Trinajstić information content (AvgIpc) is 3.17. The number of para-hydroxylation sites is 2. The van der Waals surface area contributed by atoms with Crippen LogP contribution < -0.4 is 10.6 Å². The van der Waals surface area contributed by atoms with E-state index in [1.54, 1.807) is 4.57 Å². The van der Waals surface area contributed by atoms with Crippen molar-refractivity contribution in [1.29, 1.82) is 5.26 Å². The molecule has 0 bridgehead atoms. The number of aliphatic hydroxyl groups is 1. The fourth-order valence-electron chi connectivity index (χ4n) is 3.00. The lowest BCUT2D eigenvalue weighted by Gasteiger charge is -2.22. The summed E-state index contributed by atoms with van der Waals surface area (Å²) in [5, 5.41) is 19.0. The van der Waals surface area contributed by atoms with Gasteiger partial charge in [0.05, 0.1) is 35.8 Å². The number of ether oxygens (including phenoxy) is 1. The lowest BCUT2D eigenvalue weighted by atomic mass is 10.2. The molecule has 124 valence electrons. The molecule has 1 saturated heterocycles. The van der Waals surface area contributed by atoms with Gasteiger partial charge in [-0.05, 0) is 18.6 Å². The first-order chi connectivity index (χ1) is 11.6. The number of methoxy groups -OCH3 is 1. The molecular weight excluding hydrogens is 308 g/mol. The second kappa shape index (κ2) is 6.26. The van der Waals surface area contributed by atoms with E-state index in [4.69, 9.17) is 10.5 Å². The molecule has 0 saturated carbocycles. The van der Waals surface area contributed by atoms with E-state index in [0.717, 1.165) is 5.69 Å². The van der Waals surface area contributed by atoms with E-state index in [2.05, 4.69) is 0 Å². The Bertz CT molecular complexity index is 822. The molecule has 0 spiro atoms. The van der Waals surface area contributed by atoms with Gasteiger partial charge in [-0.3, -0.25) is 0 Å². The zero-order chi connectivity index (χ0) is 17.3. The fraction of sp³-hybridized carbons (Fsp3) is 0.294. The summed E-state index contributed by atoms with van der Waals surface area (Å²) in [5.41, 5.74) is 7.96. The first kappa shape index (κ1) is 15.9. The monoisotopic (exact) mass is 326 g/mol. The predicted octanol–water partition coefficient (Wildman–Crippen LogP) is 1.29. The topological polar surface area (TPSA) is 105 Å². The number of nitriles is 1. The number of aromatic nitrogens is 1. The highest BCUT2D eigenvalue weighted by molar-refractivity contribution is 5.96. The molecule has 1 fully saturated rings. The predicted molar refractivity (Wildman–Crippen MR) is 89.1 cm³/mol. The summed E-state index contributed by atoms with van der Waals surface area (Å²) in [6.07, 6.45) is 1.85. The van der Waals surface area contributed by atoms with E-state index in [1.807, 2.05) is 35.2 Å². The van der Waals surface area contributed by atoms with Crippen LogP contribution in [0.25, 0.3) is 5.69 Å². The fourth-order valence-corrected chi connectivity index (χ4v) is 3.00. The molecule has 1 atom stereocenters. The smallest absolute Gasteiger partial charge is 0.357 e. The van der Waals surface area contributed by atoms with Gasteiger partial charge in [-0.15, -0.1) is 0 Å². The second-order valence-corrected chi connectivity index (χ2v) is 5.66. The molecule has 2 heterocycles. The second-order valence-electron chi connectivity index (χ2n) is 5.66. The van der Waals surface area contributed by atoms with E-state index in [0.29, 0.717) is 25.2 Å². The minimum atomic E-state index is -0.606. The maximum Gasteiger partial charge on any atom is 0.357 e. The summed E-state index contributed by atoms with van der Waals surface area (Å²) in [5.74, 6) is -0.606. The molecule has 7 nitrogen and oxygen atoms in total. The van der Waals surface area contributed by atoms with E-state index in [-0.39, 0.29) is 23.0 Å². The third-order valence-corrected chi connectivity index (χ3v) is 4.19. The summed E-state index contributed by atoms with van der Waals surface area (Å²) < 4.78 is 6.40. The molecule has 24 heavy (non-hydrogen) atoms. The Morgan fingerprint density at radius 3 is 2.71 bits per heavy atom. The van der Waals surface area contributed by atoms with Crippen LogP contribution in [-0.2, 0) is 4.74 Å². The summed E-state index contributed by atoms with van der Waals surface area (Å²) in [6.45, 7) is 1.24. The Hall–Kier alpha value is -2.98. The van der Waals surface area contributed by atoms with Crippen LogP contribution in [0.3, 0.4) is 0 Å². The van der Waals surface area contributed by atoms with Gasteiger partial charge in [-0.25, -0.2) is 4.79 Å². The SMILES string of the molecule is COC(=O)c1c(N)c(C#N)cn1-c1ccccc1N1CCC(O)C1. The number of aliphatic hydroxyl groups excluding tert-OH is 1. The van der Waals surface area contributed by atoms with Crippen LogP contribution in [0, 0.1) is 11.3 Å². The maximum atomic E-state index is 12.2. The van der Waals surface area contributed by atoms with Crippen molar-refractivity contribution in [2.45, 2.75) is 12.5 Å². The molecule has 1 unspecified atom stereocenters. The van der Waals surface area contributed by atoms with Crippen molar-refractivity contribution >= 4 is 17.3 Å². The number of esters is 1. The number of nitrogens with zero attached hydrogens (tertiary/aromatic N) is 3. The van der Waals surface area contributed by atoms with Crippen LogP contribution in [-0.4, -0.2) is 41.9 Å². The highest BCUT2D eigenvalue weighted by atomic mass is 16.5. The molecule has 1 aliphatic heterocycles. The molecule has 2 aromatic rings. The standard InChI is InChI=1S/C17H18N4O3/c1-24-17(23)16-15(19)11(8-18)9-21(16)14-5-3-2-4-13(14)20-7-6-12(22)10-20/h2-5,9,12,22H,6-7,10,19H2,1H3. The summed E-state index contributed by atoms with van der Waals surface area (Å²) >= 11 is 0. The first-order valence-electron chi connectivity index (χ1n) is 7.58. The van der Waals surface area contributed by atoms with Crippen molar-refractivity contribution in [3.8, 4) is 11.8 Å². The van der Waals surface area contributed by atoms with Gasteiger partial charge in [0.1, 0.15) is 6.07 Å². The van der Waals surface area contributed by atoms with Crippen LogP contribution in [0.1, 0.15) is 22.5 Å². The lowest BCUT2D eigenvalue weighted by molar-refractivity contribution is 0.0593. The maximum absolute atomic E-state index is 12.2. The van der Waals surface area contributed by atoms with E-state index in [9.17, 15) is 15.2 Å². The van der Waals surface area contributed by atoms with E-state index in [1.165, 1.54) is 13.3 Å². The molecule has 1 aromatic heterocycles. The summed E-state index contributed by atoms with van der Waals surface area (Å²) in [7, 11) is 1.27. The summed E-state index contributed by atoms with van der Waals surface area (Å²) in [6, 6.07) is 9.48. The van der Waals surface area contributed by atoms with Crippen molar-refractivity contribution in [2.24, 2.45) is 0 Å². The van der Waals surface area contributed by atoms with Crippen LogP contribution in [0.5, 0.6) is 0 Å². The number of hydrogen-bond acceptors (Lipinski definition) is 6. The van der Waals surface area contributed by atoms with E-state index < -0.39 is 5.97 Å². The van der Waals surface area contributed by atoms with Crippen molar-refractivity contribution in [3.05, 3.63) is 41.7 Å². The van der Waals surface area contributed by atoms with Crippen molar-refractivity contribution < 1.29 is 14.6 Å². The van der Waals surface area contributed by atoms with Crippen LogP contribution in [0.15, 0.2) is 30.5 Å². The zero-order valence-corrected chi connectivity index (χ0v) is 13.3. The minimum absolute atomic E-state index is 0.0978. The molecule has 0 amide bonds. The van der Waals surface area contributed by atoms with Gasteiger partial charge in [0, 0.05) is 19.3 Å². The Balaban J connectivity index is 2.17. The van der Waals surface area contributed by atoms with Crippen molar-refractivity contribution in [3.63, 3.8) is 0 Å². The van der Waals surface area contributed by atoms with E-state index >= 15 is 0 Å². The number of nitrogens with two attached hydrogens (primary N) is 1. The van der Waals surface area contributed by atoms with Gasteiger partial charge in [0.15, 0.2) is 5.69 Å². The van der Waals surface area contributed by atoms with Gasteiger partial charge in [-0.2, -0.15) is 5.26 Å². The molecule has 0 aliphatic carbocycles. The largest absolute Gasteiger partial charge is 0.464 e. The number of hydrogen-bond donors (Lipinski definition) is 2. The molecule has 0 radical (unpaired) electrons. The normalized spacial score (nSPS) is 16.9. The number of anilines is 2. The Kier molecular flexibility index (Phi) is 4.15. The lowest BCUT2D eigenvalue weighted by Crippen LogP contribution is -2.23. The Morgan fingerprint density at radius 2 is 2.12 bits per heavy atom. The quantitative estimate of drug-likeness (QED) is 0.824. The Labute approximate surface area is 139 Å². The van der Waals surface area contributed by atoms with Gasteiger partial charge < -0.3 is 25.0 Å². The van der Waals surface area contributed by atoms with Crippen molar-refractivity contribution in [2.75, 3.05) is 30.8 Å². The number of nitrogen functional groups attached to an aromatic ring is 1. The molecule has 1 aliphatic rings. The Morgan fingerprint density at radius 1 is 1.42 bits per heavy atom. The van der Waals surface area contributed by atoms with Crippen molar-refractivity contribution in [1.82, 2.24) is 4.57 Å². The van der Waals surface area contributed by atoms with Gasteiger partial charge in [0.25, 0.3) is 0 Å². The molecule has 3 N–H and O–H groups in total. The number of carbonyl (C=O) groups is 1. The van der Waals surface area contributed by atoms with Gasteiger partial charge in [0.2, 0.25) is 0 Å². The number of rotatable bonds is 3. The average molecular weight is 326 g/mol. The highest BCUT2D eigenvalue weighted by Gasteiger charge is 2.26. The summed E-state index contributed by atoms with van der Waals surface area (Å²) in [4.78, 5) is 14.2. The zero-order valence-electron chi connectivity index (χ0n) is 13.3. The van der Waals surface area contributed by atoms with Crippen LogP contribution in [0.2, 0.25) is 0 Å². The molecular formula is C17H18N4O3. The van der Waals surface area contributed by atoms with Gasteiger partial charge >= 0.3 is 5.97 Å². The third-order valence-electron chi connectivity index (χ3n) is 4.19. The van der Waals surface area contributed by atoms with Crippen LogP contribution >= 0.6 is 0 Å². The molecule has 1 aromatic carbocycles. The first-order valence-corrected chi connectivity index (χ1v) is 7.58. The number of carbonyl (C=O) groups excluding carboxylic acids is 1. The van der Waals surface area contributed by atoms with Crippen LogP contribution in [0.4, 0.5) is 11.4 Å². The minimum Gasteiger partial charge on any atom is -0.464 e.